The lowest BCUT2D eigenvalue weighted by molar-refractivity contribution is -0.122. The Bertz CT molecular complexity index is 1520. The number of hydrogen-bond donors (Lipinski definition) is 1. The van der Waals surface area contributed by atoms with E-state index in [0.29, 0.717) is 4.90 Å². The van der Waals surface area contributed by atoms with Crippen molar-refractivity contribution in [2.24, 2.45) is 0 Å². The van der Waals surface area contributed by atoms with Gasteiger partial charge in [0.2, 0.25) is 0 Å². The molecule has 4 rings (SSSR count). The molecule has 9 nitrogen and oxygen atoms in total. The first-order valence-corrected chi connectivity index (χ1v) is 11.9. The van der Waals surface area contributed by atoms with Crippen LogP contribution in [-0.2, 0) is 19.7 Å². The van der Waals surface area contributed by atoms with Crippen molar-refractivity contribution in [3.8, 4) is 11.5 Å². The third-order valence-electron chi connectivity index (χ3n) is 5.22. The normalized spacial score (nSPS) is 15.1. The molecule has 0 spiro atoms. The molecule has 1 saturated heterocycles. The van der Waals surface area contributed by atoms with Gasteiger partial charge in [-0.2, -0.15) is 8.42 Å². The van der Waals surface area contributed by atoms with E-state index in [2.05, 4.69) is 0 Å². The maximum Gasteiger partial charge on any atom is 0.339 e. The van der Waals surface area contributed by atoms with Gasteiger partial charge in [0.25, 0.3) is 11.8 Å². The van der Waals surface area contributed by atoms with Crippen LogP contribution in [0.3, 0.4) is 0 Å². The summed E-state index contributed by atoms with van der Waals surface area (Å²) in [5, 5.41) is 1.99. The molecule has 3 aromatic carbocycles. The van der Waals surface area contributed by atoms with Crippen molar-refractivity contribution in [3.63, 3.8) is 0 Å². The highest BCUT2D eigenvalue weighted by atomic mass is 32.2. The molecule has 1 fully saturated rings. The molecule has 1 aliphatic rings. The van der Waals surface area contributed by atoms with Crippen molar-refractivity contribution in [1.29, 1.82) is 0 Å². The van der Waals surface area contributed by atoms with E-state index in [1.54, 1.807) is 19.1 Å². The second kappa shape index (κ2) is 9.62. The number of benzene rings is 3. The molecule has 0 atom stereocenters. The lowest BCUT2D eigenvalue weighted by Crippen LogP contribution is -2.54. The summed E-state index contributed by atoms with van der Waals surface area (Å²) in [5.41, 5.74) is -0.0310. The van der Waals surface area contributed by atoms with E-state index >= 15 is 0 Å². The first kappa shape index (κ1) is 24.6. The molecule has 36 heavy (non-hydrogen) atoms. The molecule has 3 aromatic rings. The fourth-order valence-corrected chi connectivity index (χ4v) is 4.32. The minimum Gasteiger partial charge on any atom is -0.497 e. The number of anilines is 1. The van der Waals surface area contributed by atoms with Crippen LogP contribution in [0.2, 0.25) is 0 Å². The van der Waals surface area contributed by atoms with E-state index in [1.165, 1.54) is 55.6 Å². The number of ether oxygens (including phenoxy) is 1. The number of nitrogens with one attached hydrogen (secondary N) is 1. The van der Waals surface area contributed by atoms with Gasteiger partial charge in [-0.15, -0.1) is 0 Å². The zero-order valence-corrected chi connectivity index (χ0v) is 19.8. The van der Waals surface area contributed by atoms with Gasteiger partial charge in [-0.3, -0.25) is 14.9 Å². The van der Waals surface area contributed by atoms with E-state index in [0.717, 1.165) is 17.7 Å². The quantitative estimate of drug-likeness (QED) is 0.306. The predicted octanol–water partition coefficient (Wildman–Crippen LogP) is 3.58. The number of rotatable bonds is 6. The zero-order chi connectivity index (χ0) is 26.0. The molecule has 1 N–H and O–H groups in total. The minimum atomic E-state index is -4.30. The highest BCUT2D eigenvalue weighted by molar-refractivity contribution is 7.87. The molecule has 4 amide bonds. The van der Waals surface area contributed by atoms with Crippen LogP contribution in [-0.4, -0.2) is 33.4 Å². The van der Waals surface area contributed by atoms with Gasteiger partial charge in [0.05, 0.1) is 12.8 Å². The van der Waals surface area contributed by atoms with Crippen molar-refractivity contribution in [2.75, 3.05) is 12.0 Å². The van der Waals surface area contributed by atoms with Gasteiger partial charge in [-0.1, -0.05) is 29.8 Å². The lowest BCUT2D eigenvalue weighted by Gasteiger charge is -2.26. The third kappa shape index (κ3) is 4.82. The van der Waals surface area contributed by atoms with Gasteiger partial charge in [-0.25, -0.2) is 14.1 Å². The number of urea groups is 1. The van der Waals surface area contributed by atoms with Crippen LogP contribution in [0, 0.1) is 12.7 Å². The zero-order valence-electron chi connectivity index (χ0n) is 19.0. The second-order valence-electron chi connectivity index (χ2n) is 7.66. The molecule has 0 bridgehead atoms. The summed E-state index contributed by atoms with van der Waals surface area (Å²) in [6, 6.07) is 14.0. The second-order valence-corrected chi connectivity index (χ2v) is 9.21. The molecule has 0 aliphatic carbocycles. The number of nitrogens with zero attached hydrogens (tertiary/aromatic N) is 1. The Morgan fingerprint density at radius 1 is 0.972 bits per heavy atom. The molecule has 0 radical (unpaired) electrons. The van der Waals surface area contributed by atoms with Crippen LogP contribution < -0.4 is 19.1 Å². The average Bonchev–Trinajstić information content (AvgIpc) is 2.83. The van der Waals surface area contributed by atoms with Crippen LogP contribution in [0.1, 0.15) is 11.1 Å². The molecular formula is C25H19FN2O7S. The summed E-state index contributed by atoms with van der Waals surface area (Å²) in [6.45, 7) is 1.80. The van der Waals surface area contributed by atoms with Gasteiger partial charge >= 0.3 is 16.1 Å². The summed E-state index contributed by atoms with van der Waals surface area (Å²) >= 11 is 0. The Morgan fingerprint density at radius 3 is 2.33 bits per heavy atom. The molecule has 1 heterocycles. The van der Waals surface area contributed by atoms with Crippen molar-refractivity contribution >= 4 is 39.7 Å². The van der Waals surface area contributed by atoms with E-state index in [-0.39, 0.29) is 27.6 Å². The summed E-state index contributed by atoms with van der Waals surface area (Å²) in [4.78, 5) is 38.3. The van der Waals surface area contributed by atoms with E-state index in [1.807, 2.05) is 5.32 Å². The molecule has 0 aromatic heterocycles. The lowest BCUT2D eigenvalue weighted by atomic mass is 10.1. The number of carbonyl (C=O) groups excluding carboxylic acids is 3. The minimum absolute atomic E-state index is 0.0211. The van der Waals surface area contributed by atoms with Crippen LogP contribution >= 0.6 is 0 Å². The number of aryl methyl sites for hydroxylation is 1. The number of amides is 4. The van der Waals surface area contributed by atoms with E-state index in [4.69, 9.17) is 8.92 Å². The number of imide groups is 2. The summed E-state index contributed by atoms with van der Waals surface area (Å²) < 4.78 is 50.5. The van der Waals surface area contributed by atoms with Crippen molar-refractivity contribution in [3.05, 3.63) is 89.2 Å². The molecule has 184 valence electrons. The molecule has 0 saturated carbocycles. The third-order valence-corrected chi connectivity index (χ3v) is 6.47. The van der Waals surface area contributed by atoms with Gasteiger partial charge in [0, 0.05) is 11.6 Å². The van der Waals surface area contributed by atoms with Gasteiger partial charge in [-0.05, 0) is 49.4 Å². The Labute approximate surface area is 205 Å². The Morgan fingerprint density at radius 2 is 1.67 bits per heavy atom. The number of carbonyl (C=O) groups is 3. The first-order valence-electron chi connectivity index (χ1n) is 10.5. The van der Waals surface area contributed by atoms with Crippen LogP contribution in [0.15, 0.2) is 77.2 Å². The summed E-state index contributed by atoms with van der Waals surface area (Å²) in [7, 11) is -2.94. The first-order chi connectivity index (χ1) is 17.1. The fourth-order valence-electron chi connectivity index (χ4n) is 3.37. The Hall–Kier alpha value is -4.51. The number of methoxy groups -OCH3 is 1. The van der Waals surface area contributed by atoms with Crippen LogP contribution in [0.4, 0.5) is 14.9 Å². The predicted molar refractivity (Wildman–Crippen MR) is 127 cm³/mol. The Kier molecular flexibility index (Phi) is 6.58. The molecule has 11 heteroatoms. The van der Waals surface area contributed by atoms with Crippen LogP contribution in [0.25, 0.3) is 6.08 Å². The smallest absolute Gasteiger partial charge is 0.339 e. The molecule has 1 aliphatic heterocycles. The largest absolute Gasteiger partial charge is 0.497 e. The van der Waals surface area contributed by atoms with Gasteiger partial charge < -0.3 is 8.92 Å². The van der Waals surface area contributed by atoms with Gasteiger partial charge in [0.15, 0.2) is 5.75 Å². The summed E-state index contributed by atoms with van der Waals surface area (Å²) in [6.07, 6.45) is 1.05. The number of para-hydroxylation sites is 1. The fraction of sp³-hybridized carbons (Fsp3) is 0.0800. The standard InChI is InChI=1S/C25H19FN2O7S/c1-15-7-11-18(12-8-15)36(32,33)35-22-14-17(34-2)10-9-16(22)13-19-23(29)27-25(31)28(24(19)30)21-6-4-3-5-20(21)26/h3-14H,1-2H3,(H,27,29,31)/b19-13-. The summed E-state index contributed by atoms with van der Waals surface area (Å²) in [5.74, 6) is -2.99. The monoisotopic (exact) mass is 510 g/mol. The molecule has 0 unspecified atom stereocenters. The highest BCUT2D eigenvalue weighted by Crippen LogP contribution is 2.31. The van der Waals surface area contributed by atoms with E-state index in [9.17, 15) is 27.2 Å². The topological polar surface area (TPSA) is 119 Å². The SMILES string of the molecule is COc1ccc(/C=C2/C(=O)NC(=O)N(c3ccccc3F)C2=O)c(OS(=O)(=O)c2ccc(C)cc2)c1. The number of halogens is 1. The average molecular weight is 510 g/mol. The maximum absolute atomic E-state index is 14.3. The van der Waals surface area contributed by atoms with Crippen molar-refractivity contribution in [2.45, 2.75) is 11.8 Å². The number of hydrogen-bond acceptors (Lipinski definition) is 7. The number of barbiturate groups is 1. The van der Waals surface area contributed by atoms with Crippen LogP contribution in [0.5, 0.6) is 11.5 Å². The van der Waals surface area contributed by atoms with Crippen molar-refractivity contribution in [1.82, 2.24) is 5.32 Å². The van der Waals surface area contributed by atoms with Gasteiger partial charge in [0.1, 0.15) is 22.0 Å². The van der Waals surface area contributed by atoms with E-state index < -0.39 is 39.4 Å². The highest BCUT2D eigenvalue weighted by Gasteiger charge is 2.38. The van der Waals surface area contributed by atoms with Crippen molar-refractivity contribution < 1.29 is 36.1 Å². The molecular weight excluding hydrogens is 491 g/mol. The Balaban J connectivity index is 1.77. The maximum atomic E-state index is 14.3.